The number of nitrogens with zero attached hydrogens (tertiary/aromatic N) is 1. The zero-order chi connectivity index (χ0) is 20.8. The lowest BCUT2D eigenvalue weighted by Gasteiger charge is -2.56. The number of hydrogen-bond donors (Lipinski definition) is 0. The fourth-order valence-electron chi connectivity index (χ4n) is 4.20. The molecule has 0 spiro atoms. The predicted octanol–water partition coefficient (Wildman–Crippen LogP) is 5.51. The van der Waals surface area contributed by atoms with Gasteiger partial charge >= 0.3 is 6.09 Å². The van der Waals surface area contributed by atoms with Crippen molar-refractivity contribution in [2.45, 2.75) is 85.8 Å². The second-order valence-corrected chi connectivity index (χ2v) is 9.74. The number of Topliss-reactive ketones (excluding diaryl/α,β-unsaturated/α-hetero) is 1. The van der Waals surface area contributed by atoms with E-state index in [4.69, 9.17) is 4.74 Å². The van der Waals surface area contributed by atoms with Crippen molar-refractivity contribution in [2.24, 2.45) is 5.41 Å². The summed E-state index contributed by atoms with van der Waals surface area (Å²) in [5, 5.41) is 0. The number of carbonyl (C=O) groups excluding carboxylic acids is 2. The summed E-state index contributed by atoms with van der Waals surface area (Å²) in [6.07, 6.45) is 0.575. The summed E-state index contributed by atoms with van der Waals surface area (Å²) in [7, 11) is 0. The van der Waals surface area contributed by atoms with E-state index < -0.39 is 5.60 Å². The van der Waals surface area contributed by atoms with E-state index in [2.05, 4.69) is 40.7 Å². The van der Waals surface area contributed by atoms with E-state index in [9.17, 15) is 9.59 Å². The maximum absolute atomic E-state index is 12.7. The summed E-state index contributed by atoms with van der Waals surface area (Å²) in [4.78, 5) is 26.5. The van der Waals surface area contributed by atoms with Crippen molar-refractivity contribution in [3.63, 3.8) is 0 Å². The van der Waals surface area contributed by atoms with Crippen LogP contribution < -0.4 is 0 Å². The van der Waals surface area contributed by atoms with Gasteiger partial charge in [0.2, 0.25) is 0 Å². The minimum Gasteiger partial charge on any atom is -0.444 e. The van der Waals surface area contributed by atoms with Crippen molar-refractivity contribution in [1.29, 1.82) is 0 Å². The van der Waals surface area contributed by atoms with E-state index in [0.717, 1.165) is 12.0 Å². The molecule has 4 heteroatoms. The van der Waals surface area contributed by atoms with Crippen molar-refractivity contribution in [1.82, 2.24) is 4.90 Å². The van der Waals surface area contributed by atoms with Gasteiger partial charge in [-0.3, -0.25) is 4.79 Å². The Balaban J connectivity index is 2.43. The molecule has 1 saturated heterocycles. The summed E-state index contributed by atoms with van der Waals surface area (Å²) < 4.78 is 5.63. The summed E-state index contributed by atoms with van der Waals surface area (Å²) in [5.74, 6) is 0.0805. The van der Waals surface area contributed by atoms with E-state index in [1.807, 2.05) is 37.8 Å². The molecule has 150 valence electrons. The molecule has 0 unspecified atom stereocenters. The number of likely N-dealkylation sites (tertiary alicyclic amines) is 1. The number of aryl methyl sites for hydroxylation is 1. The normalized spacial score (nSPS) is 25.2. The maximum atomic E-state index is 12.7. The number of piperidine rings is 1. The maximum Gasteiger partial charge on any atom is 0.410 e. The number of ketones is 1. The number of carbonyl (C=O) groups is 2. The third-order valence-electron chi connectivity index (χ3n) is 6.65. The average molecular weight is 374 g/mol. The largest absolute Gasteiger partial charge is 0.444 e. The van der Waals surface area contributed by atoms with Crippen LogP contribution in [0.3, 0.4) is 0 Å². The first kappa shape index (κ1) is 21.5. The molecule has 1 fully saturated rings. The highest BCUT2D eigenvalue weighted by Crippen LogP contribution is 2.52. The minimum atomic E-state index is -0.506. The van der Waals surface area contributed by atoms with Gasteiger partial charge in [-0.2, -0.15) is 0 Å². The lowest BCUT2D eigenvalue weighted by atomic mass is 9.55. The van der Waals surface area contributed by atoms with Crippen LogP contribution in [0.1, 0.15) is 83.3 Å². The van der Waals surface area contributed by atoms with Crippen molar-refractivity contribution in [3.8, 4) is 0 Å². The Morgan fingerprint density at radius 1 is 1.19 bits per heavy atom. The standard InChI is InChI=1S/C23H35NO3/c1-15-10-11-18(16(2)25)14-19(15)23(9)12-13-24(17(3)22(23,7)8)20(26)27-21(4,5)6/h10-11,14,17H,12-13H2,1-9H3/t17-,23+/m1/s1. The molecule has 4 nitrogen and oxygen atoms in total. The van der Waals surface area contributed by atoms with Gasteiger partial charge in [-0.15, -0.1) is 0 Å². The van der Waals surface area contributed by atoms with Gasteiger partial charge in [0.15, 0.2) is 5.78 Å². The Morgan fingerprint density at radius 3 is 2.30 bits per heavy atom. The van der Waals surface area contributed by atoms with Crippen molar-refractivity contribution < 1.29 is 14.3 Å². The Labute approximate surface area is 164 Å². The molecule has 1 aliphatic heterocycles. The van der Waals surface area contributed by atoms with Crippen LogP contribution >= 0.6 is 0 Å². The van der Waals surface area contributed by atoms with Gasteiger partial charge in [-0.1, -0.05) is 32.9 Å². The van der Waals surface area contributed by atoms with E-state index >= 15 is 0 Å². The molecule has 0 saturated carbocycles. The molecule has 0 aliphatic carbocycles. The van der Waals surface area contributed by atoms with E-state index in [1.165, 1.54) is 11.1 Å². The highest BCUT2D eigenvalue weighted by atomic mass is 16.6. The summed E-state index contributed by atoms with van der Waals surface area (Å²) in [5.41, 5.74) is 2.29. The molecule has 1 heterocycles. The lowest BCUT2D eigenvalue weighted by molar-refractivity contribution is -0.0397. The fourth-order valence-corrected chi connectivity index (χ4v) is 4.20. The smallest absolute Gasteiger partial charge is 0.410 e. The number of rotatable bonds is 2. The molecule has 2 rings (SSSR count). The molecule has 0 radical (unpaired) electrons. The lowest BCUT2D eigenvalue weighted by Crippen LogP contribution is -2.61. The van der Waals surface area contributed by atoms with Gasteiger partial charge in [0.25, 0.3) is 0 Å². The Hall–Kier alpha value is -1.84. The highest BCUT2D eigenvalue weighted by Gasteiger charge is 2.52. The topological polar surface area (TPSA) is 46.6 Å². The molecular formula is C23H35NO3. The van der Waals surface area contributed by atoms with Crippen molar-refractivity contribution >= 4 is 11.9 Å². The molecule has 0 aromatic heterocycles. The monoisotopic (exact) mass is 373 g/mol. The van der Waals surface area contributed by atoms with Gasteiger partial charge in [0, 0.05) is 23.6 Å². The predicted molar refractivity (Wildman–Crippen MR) is 109 cm³/mol. The van der Waals surface area contributed by atoms with E-state index in [0.29, 0.717) is 6.54 Å². The number of hydrogen-bond acceptors (Lipinski definition) is 3. The fraction of sp³-hybridized carbons (Fsp3) is 0.652. The third-order valence-corrected chi connectivity index (χ3v) is 6.65. The Kier molecular flexibility index (Phi) is 5.53. The van der Waals surface area contributed by atoms with Crippen molar-refractivity contribution in [2.75, 3.05) is 6.54 Å². The first-order valence-corrected chi connectivity index (χ1v) is 9.82. The van der Waals surface area contributed by atoms with Crippen LogP contribution in [0, 0.1) is 12.3 Å². The third kappa shape index (κ3) is 3.90. The Morgan fingerprint density at radius 2 is 1.78 bits per heavy atom. The van der Waals surface area contributed by atoms with Crippen LogP contribution in [0.5, 0.6) is 0 Å². The first-order valence-electron chi connectivity index (χ1n) is 9.82. The summed E-state index contributed by atoms with van der Waals surface area (Å²) in [6, 6.07) is 6.00. The van der Waals surface area contributed by atoms with Crippen LogP contribution in [0.25, 0.3) is 0 Å². The van der Waals surface area contributed by atoms with E-state index in [1.54, 1.807) is 6.92 Å². The molecule has 0 bridgehead atoms. The van der Waals surface area contributed by atoms with Gasteiger partial charge in [-0.05, 0) is 70.6 Å². The summed E-state index contributed by atoms with van der Waals surface area (Å²) >= 11 is 0. The van der Waals surface area contributed by atoms with Crippen LogP contribution in [0.4, 0.5) is 4.79 Å². The quantitative estimate of drug-likeness (QED) is 0.642. The highest BCUT2D eigenvalue weighted by molar-refractivity contribution is 5.94. The molecule has 1 aliphatic rings. The molecule has 1 amide bonds. The minimum absolute atomic E-state index is 0.00600. The van der Waals surface area contributed by atoms with Crippen LogP contribution in [0.2, 0.25) is 0 Å². The number of amides is 1. The molecule has 1 aromatic carbocycles. The number of ether oxygens (including phenoxy) is 1. The average Bonchev–Trinajstić information content (AvgIpc) is 2.51. The summed E-state index contributed by atoms with van der Waals surface area (Å²) in [6.45, 7) is 18.8. The van der Waals surface area contributed by atoms with Crippen molar-refractivity contribution in [3.05, 3.63) is 34.9 Å². The molecule has 1 aromatic rings. The first-order chi connectivity index (χ1) is 12.2. The van der Waals surface area contributed by atoms with Crippen LogP contribution in [0.15, 0.2) is 18.2 Å². The Bertz CT molecular complexity index is 744. The second kappa shape index (κ2) is 6.96. The number of benzene rings is 1. The van der Waals surface area contributed by atoms with Gasteiger partial charge < -0.3 is 9.64 Å². The zero-order valence-electron chi connectivity index (χ0n) is 18.4. The second-order valence-electron chi connectivity index (χ2n) is 9.74. The van der Waals surface area contributed by atoms with Gasteiger partial charge in [-0.25, -0.2) is 4.79 Å². The van der Waals surface area contributed by atoms with Crippen LogP contribution in [-0.2, 0) is 10.2 Å². The molecule has 27 heavy (non-hydrogen) atoms. The zero-order valence-corrected chi connectivity index (χ0v) is 18.4. The molecule has 2 atom stereocenters. The SMILES string of the molecule is CC(=O)c1ccc(C)c([C@]2(C)CCN(C(=O)OC(C)(C)C)[C@H](C)C2(C)C)c1. The molecular weight excluding hydrogens is 338 g/mol. The van der Waals surface area contributed by atoms with Gasteiger partial charge in [0.05, 0.1) is 0 Å². The van der Waals surface area contributed by atoms with Gasteiger partial charge in [0.1, 0.15) is 5.60 Å². The van der Waals surface area contributed by atoms with E-state index in [-0.39, 0.29) is 28.7 Å². The molecule has 0 N–H and O–H groups in total. The van der Waals surface area contributed by atoms with Crippen LogP contribution in [-0.4, -0.2) is 35.0 Å².